The van der Waals surface area contributed by atoms with Crippen molar-refractivity contribution in [3.8, 4) is 5.75 Å². The van der Waals surface area contributed by atoms with Gasteiger partial charge >= 0.3 is 0 Å². The zero-order valence-electron chi connectivity index (χ0n) is 10.1. The Morgan fingerprint density at radius 2 is 2.18 bits per heavy atom. The number of aryl methyl sites for hydroxylation is 1. The largest absolute Gasteiger partial charge is 0.488 e. The lowest BCUT2D eigenvalue weighted by Crippen LogP contribution is -2.15. The van der Waals surface area contributed by atoms with Gasteiger partial charge in [0.15, 0.2) is 0 Å². The first kappa shape index (κ1) is 12.1. The van der Waals surface area contributed by atoms with Crippen molar-refractivity contribution in [3.63, 3.8) is 0 Å². The van der Waals surface area contributed by atoms with Crippen molar-refractivity contribution in [2.75, 3.05) is 13.2 Å². The Bertz CT molecular complexity index is 364. The molecule has 0 aromatic heterocycles. The Morgan fingerprint density at radius 3 is 2.76 bits per heavy atom. The van der Waals surface area contributed by atoms with Crippen LogP contribution in [0.3, 0.4) is 0 Å². The lowest BCUT2D eigenvalue weighted by atomic mass is 10.1. The summed E-state index contributed by atoms with van der Waals surface area (Å²) in [6, 6.07) is 7.98. The Morgan fingerprint density at radius 1 is 1.41 bits per heavy atom. The summed E-state index contributed by atoms with van der Waals surface area (Å²) in [5.41, 5.74) is 1.18. The van der Waals surface area contributed by atoms with Gasteiger partial charge in [-0.15, -0.1) is 0 Å². The molecule has 2 rings (SSSR count). The van der Waals surface area contributed by atoms with Crippen molar-refractivity contribution in [2.45, 2.75) is 32.3 Å². The van der Waals surface area contributed by atoms with E-state index in [-0.39, 0.29) is 11.9 Å². The highest BCUT2D eigenvalue weighted by atomic mass is 16.5. The van der Waals surface area contributed by atoms with E-state index in [0.29, 0.717) is 13.0 Å². The summed E-state index contributed by atoms with van der Waals surface area (Å²) < 4.78 is 11.0. The highest BCUT2D eigenvalue weighted by Gasteiger charge is 2.16. The Balaban J connectivity index is 1.86. The number of hydrogen-bond donors (Lipinski definition) is 0. The third-order valence-corrected chi connectivity index (χ3v) is 2.88. The predicted octanol–water partition coefficient (Wildman–Crippen LogP) is 2.38. The molecule has 1 aromatic carbocycles. The fourth-order valence-corrected chi connectivity index (χ4v) is 1.85. The molecule has 1 aliphatic heterocycles. The Kier molecular flexibility index (Phi) is 4.15. The van der Waals surface area contributed by atoms with Crippen LogP contribution in [0.15, 0.2) is 24.3 Å². The zero-order chi connectivity index (χ0) is 12.1. The number of carbonyl (C=O) groups excluding carboxylic acids is 1. The van der Waals surface area contributed by atoms with Crippen molar-refractivity contribution in [1.82, 2.24) is 0 Å². The quantitative estimate of drug-likeness (QED) is 0.784. The maximum absolute atomic E-state index is 10.9. The van der Waals surface area contributed by atoms with Gasteiger partial charge in [-0.1, -0.05) is 12.1 Å². The Hall–Kier alpha value is -1.35. The number of hydrogen-bond acceptors (Lipinski definition) is 3. The predicted molar refractivity (Wildman–Crippen MR) is 65.3 cm³/mol. The first-order valence-corrected chi connectivity index (χ1v) is 6.07. The van der Waals surface area contributed by atoms with Gasteiger partial charge in [0, 0.05) is 12.8 Å². The summed E-state index contributed by atoms with van der Waals surface area (Å²) in [7, 11) is 0. The minimum atomic E-state index is 0.193. The van der Waals surface area contributed by atoms with Gasteiger partial charge in [0.05, 0.1) is 13.2 Å². The average molecular weight is 234 g/mol. The number of ketones is 1. The number of benzene rings is 1. The molecule has 1 unspecified atom stereocenters. The Labute approximate surface area is 102 Å². The molecular formula is C14H18O3. The summed E-state index contributed by atoms with van der Waals surface area (Å²) in [6.45, 7) is 3.10. The molecule has 1 aliphatic rings. The molecule has 0 amide bonds. The zero-order valence-corrected chi connectivity index (χ0v) is 10.1. The molecule has 0 N–H and O–H groups in total. The van der Waals surface area contributed by atoms with Gasteiger partial charge in [-0.2, -0.15) is 0 Å². The number of ether oxygens (including phenoxy) is 2. The molecule has 0 radical (unpaired) electrons. The van der Waals surface area contributed by atoms with E-state index in [1.807, 2.05) is 24.3 Å². The third-order valence-electron chi connectivity index (χ3n) is 2.88. The summed E-state index contributed by atoms with van der Waals surface area (Å²) in [6.07, 6.45) is 2.57. The van der Waals surface area contributed by atoms with E-state index in [9.17, 15) is 4.79 Å². The van der Waals surface area contributed by atoms with Crippen molar-refractivity contribution < 1.29 is 14.3 Å². The molecule has 1 fully saturated rings. The molecule has 0 aliphatic carbocycles. The summed E-state index contributed by atoms with van der Waals surface area (Å²) in [4.78, 5) is 10.9. The van der Waals surface area contributed by atoms with E-state index in [2.05, 4.69) is 0 Å². The van der Waals surface area contributed by atoms with Gasteiger partial charge in [-0.25, -0.2) is 0 Å². The lowest BCUT2D eigenvalue weighted by Gasteiger charge is -2.11. The molecule has 92 valence electrons. The maximum Gasteiger partial charge on any atom is 0.130 e. The summed E-state index contributed by atoms with van der Waals surface area (Å²) >= 11 is 0. The summed E-state index contributed by atoms with van der Waals surface area (Å²) in [5, 5.41) is 0. The fourth-order valence-electron chi connectivity index (χ4n) is 1.85. The van der Waals surface area contributed by atoms with Crippen LogP contribution in [0.2, 0.25) is 0 Å². The smallest absolute Gasteiger partial charge is 0.130 e. The second-order valence-corrected chi connectivity index (χ2v) is 4.45. The minimum Gasteiger partial charge on any atom is -0.488 e. The van der Waals surface area contributed by atoms with Gasteiger partial charge in [0.1, 0.15) is 17.6 Å². The van der Waals surface area contributed by atoms with Gasteiger partial charge in [-0.05, 0) is 31.0 Å². The maximum atomic E-state index is 10.9. The molecule has 1 heterocycles. The van der Waals surface area contributed by atoms with E-state index in [0.717, 1.165) is 25.2 Å². The van der Waals surface area contributed by atoms with Crippen LogP contribution in [0.5, 0.6) is 5.75 Å². The third kappa shape index (κ3) is 3.86. The van der Waals surface area contributed by atoms with E-state index < -0.39 is 0 Å². The standard InChI is InChI=1S/C14H18O3/c1-11(15)2-3-12-4-6-13(7-5-12)17-14-8-9-16-10-14/h4-7,14H,2-3,8-10H2,1H3. The molecule has 1 aromatic rings. The molecule has 0 spiro atoms. The number of rotatable bonds is 5. The van der Waals surface area contributed by atoms with Gasteiger partial charge < -0.3 is 14.3 Å². The molecule has 3 nitrogen and oxygen atoms in total. The normalized spacial score (nSPS) is 19.2. The lowest BCUT2D eigenvalue weighted by molar-refractivity contribution is -0.116. The van der Waals surface area contributed by atoms with Gasteiger partial charge in [0.2, 0.25) is 0 Å². The molecule has 17 heavy (non-hydrogen) atoms. The van der Waals surface area contributed by atoms with Gasteiger partial charge in [0.25, 0.3) is 0 Å². The highest BCUT2D eigenvalue weighted by Crippen LogP contribution is 2.18. The van der Waals surface area contributed by atoms with E-state index in [1.165, 1.54) is 5.56 Å². The molecular weight excluding hydrogens is 216 g/mol. The molecule has 0 saturated carbocycles. The van der Waals surface area contributed by atoms with Crippen LogP contribution in [0, 0.1) is 0 Å². The first-order chi connectivity index (χ1) is 8.24. The van der Waals surface area contributed by atoms with Crippen LogP contribution in [-0.2, 0) is 16.0 Å². The van der Waals surface area contributed by atoms with E-state index in [1.54, 1.807) is 6.92 Å². The molecule has 0 bridgehead atoms. The second kappa shape index (κ2) is 5.82. The van der Waals surface area contributed by atoms with Crippen LogP contribution >= 0.6 is 0 Å². The molecule has 1 saturated heterocycles. The van der Waals surface area contributed by atoms with Crippen molar-refractivity contribution in [3.05, 3.63) is 29.8 Å². The second-order valence-electron chi connectivity index (χ2n) is 4.45. The van der Waals surface area contributed by atoms with E-state index >= 15 is 0 Å². The number of carbonyl (C=O) groups is 1. The van der Waals surface area contributed by atoms with Crippen LogP contribution in [0.25, 0.3) is 0 Å². The first-order valence-electron chi connectivity index (χ1n) is 6.07. The van der Waals surface area contributed by atoms with E-state index in [4.69, 9.17) is 9.47 Å². The monoisotopic (exact) mass is 234 g/mol. The number of Topliss-reactive ketones (excluding diaryl/α,β-unsaturated/α-hetero) is 1. The summed E-state index contributed by atoms with van der Waals surface area (Å²) in [5.74, 6) is 1.11. The fraction of sp³-hybridized carbons (Fsp3) is 0.500. The van der Waals surface area contributed by atoms with Crippen LogP contribution in [0.1, 0.15) is 25.3 Å². The topological polar surface area (TPSA) is 35.5 Å². The van der Waals surface area contributed by atoms with Gasteiger partial charge in [-0.3, -0.25) is 0 Å². The average Bonchev–Trinajstić information content (AvgIpc) is 2.81. The van der Waals surface area contributed by atoms with Crippen LogP contribution < -0.4 is 4.74 Å². The highest BCUT2D eigenvalue weighted by molar-refractivity contribution is 5.75. The van der Waals surface area contributed by atoms with Crippen LogP contribution in [0.4, 0.5) is 0 Å². The van der Waals surface area contributed by atoms with Crippen molar-refractivity contribution >= 4 is 5.78 Å². The molecule has 3 heteroatoms. The van der Waals surface area contributed by atoms with Crippen molar-refractivity contribution in [1.29, 1.82) is 0 Å². The van der Waals surface area contributed by atoms with Crippen molar-refractivity contribution in [2.24, 2.45) is 0 Å². The molecule has 1 atom stereocenters. The minimum absolute atomic E-state index is 0.193. The van der Waals surface area contributed by atoms with Crippen LogP contribution in [-0.4, -0.2) is 25.1 Å². The SMILES string of the molecule is CC(=O)CCc1ccc(OC2CCOC2)cc1.